The van der Waals surface area contributed by atoms with Crippen molar-refractivity contribution in [3.8, 4) is 22.4 Å². The molecule has 0 N–H and O–H groups in total. The second-order valence-corrected chi connectivity index (χ2v) is 6.48. The van der Waals surface area contributed by atoms with Gasteiger partial charge in [0, 0.05) is 20.1 Å². The van der Waals surface area contributed by atoms with E-state index in [4.69, 9.17) is 4.98 Å². The van der Waals surface area contributed by atoms with Crippen LogP contribution in [0.2, 0.25) is 0 Å². The van der Waals surface area contributed by atoms with E-state index in [1.807, 2.05) is 12.1 Å². The Kier molecular flexibility index (Phi) is 3.83. The monoisotopic (exact) mass is 407 g/mol. The largest absolute Gasteiger partial charge is 0.247 e. The first-order chi connectivity index (χ1) is 11.3. The number of nitrogens with zero attached hydrogens (tertiary/aromatic N) is 1. The fourth-order valence-corrected chi connectivity index (χ4v) is 3.90. The molecule has 0 amide bonds. The van der Waals surface area contributed by atoms with E-state index < -0.39 is 0 Å². The summed E-state index contributed by atoms with van der Waals surface area (Å²) in [5.74, 6) is 0. The summed E-state index contributed by atoms with van der Waals surface area (Å²) in [5.41, 5.74) is 5.72. The lowest BCUT2D eigenvalue weighted by Crippen LogP contribution is -1.95. The summed E-state index contributed by atoms with van der Waals surface area (Å²) in [4.78, 5) is 4.92. The molecule has 0 unspecified atom stereocenters. The van der Waals surface area contributed by atoms with Gasteiger partial charge in [0.25, 0.3) is 0 Å². The lowest BCUT2D eigenvalue weighted by atomic mass is 9.98. The zero-order chi connectivity index (χ0) is 15.6. The van der Waals surface area contributed by atoms with Gasteiger partial charge in [0.2, 0.25) is 0 Å². The highest BCUT2D eigenvalue weighted by molar-refractivity contribution is 14.1. The van der Waals surface area contributed by atoms with Gasteiger partial charge in [-0.2, -0.15) is 0 Å². The third-order valence-electron chi connectivity index (χ3n) is 3.94. The Labute approximate surface area is 149 Å². The van der Waals surface area contributed by atoms with E-state index in [1.165, 1.54) is 20.1 Å². The zero-order valence-corrected chi connectivity index (χ0v) is 14.6. The summed E-state index contributed by atoms with van der Waals surface area (Å²) in [5, 5.41) is 1.20. The van der Waals surface area contributed by atoms with E-state index >= 15 is 0 Å². The molecule has 23 heavy (non-hydrogen) atoms. The van der Waals surface area contributed by atoms with Crippen molar-refractivity contribution in [1.29, 1.82) is 0 Å². The normalized spacial score (nSPS) is 10.8. The van der Waals surface area contributed by atoms with Crippen LogP contribution in [-0.2, 0) is 0 Å². The molecule has 1 aromatic heterocycles. The molecule has 0 aliphatic carbocycles. The molecule has 0 spiro atoms. The SMILES string of the molecule is Ic1c(-c2ccccc2)nc2ccccc2c1-c1ccccc1. The summed E-state index contributed by atoms with van der Waals surface area (Å²) in [6, 6.07) is 29.3. The topological polar surface area (TPSA) is 12.9 Å². The molecule has 0 bridgehead atoms. The minimum absolute atomic E-state index is 1.03. The Hall–Kier alpha value is -2.20. The van der Waals surface area contributed by atoms with Gasteiger partial charge in [-0.1, -0.05) is 78.9 Å². The molecule has 0 saturated carbocycles. The third-order valence-corrected chi connectivity index (χ3v) is 4.99. The molecular formula is C21H14IN. The average Bonchev–Trinajstić information content (AvgIpc) is 2.63. The van der Waals surface area contributed by atoms with Crippen LogP contribution in [0.15, 0.2) is 84.9 Å². The molecule has 0 aliphatic rings. The molecule has 1 nitrogen and oxygen atoms in total. The van der Waals surface area contributed by atoms with E-state index in [2.05, 4.69) is 95.4 Å². The quantitative estimate of drug-likeness (QED) is 0.362. The number of fused-ring (bicyclic) bond motifs is 1. The highest BCUT2D eigenvalue weighted by Crippen LogP contribution is 2.37. The summed E-state index contributed by atoms with van der Waals surface area (Å²) >= 11 is 2.43. The van der Waals surface area contributed by atoms with Crippen molar-refractivity contribution in [2.75, 3.05) is 0 Å². The number of hydrogen-bond donors (Lipinski definition) is 0. The smallest absolute Gasteiger partial charge is 0.0849 e. The van der Waals surface area contributed by atoms with Crippen LogP contribution in [0, 0.1) is 3.57 Å². The van der Waals surface area contributed by atoms with E-state index in [1.54, 1.807) is 0 Å². The number of pyridine rings is 1. The second kappa shape index (κ2) is 6.13. The first-order valence-corrected chi connectivity index (χ1v) is 8.61. The fraction of sp³-hybridized carbons (Fsp3) is 0. The standard InChI is InChI=1S/C21H14IN/c22-20-19(15-9-3-1-4-10-15)17-13-7-8-14-18(17)23-21(20)16-11-5-2-6-12-16/h1-14H. The number of rotatable bonds is 2. The first-order valence-electron chi connectivity index (χ1n) is 7.53. The van der Waals surface area contributed by atoms with Gasteiger partial charge in [-0.05, 0) is 34.2 Å². The zero-order valence-electron chi connectivity index (χ0n) is 12.4. The number of benzene rings is 3. The lowest BCUT2D eigenvalue weighted by molar-refractivity contribution is 1.37. The maximum absolute atomic E-state index is 4.92. The number of hydrogen-bond acceptors (Lipinski definition) is 1. The van der Waals surface area contributed by atoms with Crippen LogP contribution in [0.1, 0.15) is 0 Å². The Balaban J connectivity index is 2.10. The van der Waals surface area contributed by atoms with Crippen molar-refractivity contribution in [3.05, 3.63) is 88.5 Å². The van der Waals surface area contributed by atoms with Gasteiger partial charge in [0.05, 0.1) is 11.2 Å². The van der Waals surface area contributed by atoms with E-state index in [0.717, 1.165) is 16.8 Å². The summed E-state index contributed by atoms with van der Waals surface area (Å²) in [6.07, 6.45) is 0. The molecule has 0 aliphatic heterocycles. The van der Waals surface area contributed by atoms with Crippen LogP contribution in [0.4, 0.5) is 0 Å². The van der Waals surface area contributed by atoms with Crippen LogP contribution in [0.3, 0.4) is 0 Å². The van der Waals surface area contributed by atoms with Crippen LogP contribution in [-0.4, -0.2) is 4.98 Å². The van der Waals surface area contributed by atoms with Crippen molar-refractivity contribution >= 4 is 33.5 Å². The van der Waals surface area contributed by atoms with E-state index in [0.29, 0.717) is 0 Å². The van der Waals surface area contributed by atoms with Crippen LogP contribution < -0.4 is 0 Å². The summed E-state index contributed by atoms with van der Waals surface area (Å²) in [6.45, 7) is 0. The van der Waals surface area contributed by atoms with Gasteiger partial charge in [-0.3, -0.25) is 0 Å². The Bertz CT molecular complexity index is 963. The fourth-order valence-electron chi connectivity index (χ4n) is 2.86. The third kappa shape index (κ3) is 2.63. The molecule has 2 heteroatoms. The Morgan fingerprint density at radius 3 is 1.87 bits per heavy atom. The lowest BCUT2D eigenvalue weighted by Gasteiger charge is -2.14. The highest BCUT2D eigenvalue weighted by atomic mass is 127. The van der Waals surface area contributed by atoms with Gasteiger partial charge in [-0.25, -0.2) is 4.98 Å². The number of halogens is 1. The van der Waals surface area contributed by atoms with Crippen molar-refractivity contribution < 1.29 is 0 Å². The molecule has 4 rings (SSSR count). The highest BCUT2D eigenvalue weighted by Gasteiger charge is 2.15. The van der Waals surface area contributed by atoms with Crippen LogP contribution in [0.5, 0.6) is 0 Å². The van der Waals surface area contributed by atoms with Gasteiger partial charge >= 0.3 is 0 Å². The predicted molar refractivity (Wildman–Crippen MR) is 105 cm³/mol. The number of para-hydroxylation sites is 1. The molecule has 4 aromatic rings. The van der Waals surface area contributed by atoms with Gasteiger partial charge in [-0.15, -0.1) is 0 Å². The Morgan fingerprint density at radius 1 is 0.609 bits per heavy atom. The molecule has 1 heterocycles. The molecule has 0 fully saturated rings. The van der Waals surface area contributed by atoms with Gasteiger partial charge in [0.15, 0.2) is 0 Å². The minimum Gasteiger partial charge on any atom is -0.247 e. The molecular weight excluding hydrogens is 393 g/mol. The average molecular weight is 407 g/mol. The number of aromatic nitrogens is 1. The molecule has 3 aromatic carbocycles. The molecule has 0 atom stereocenters. The maximum Gasteiger partial charge on any atom is 0.0849 e. The van der Waals surface area contributed by atoms with Crippen molar-refractivity contribution in [3.63, 3.8) is 0 Å². The van der Waals surface area contributed by atoms with Crippen molar-refractivity contribution in [2.24, 2.45) is 0 Å². The maximum atomic E-state index is 4.92. The first kappa shape index (κ1) is 14.4. The Morgan fingerprint density at radius 2 is 1.17 bits per heavy atom. The molecule has 0 saturated heterocycles. The summed E-state index contributed by atoms with van der Waals surface area (Å²) in [7, 11) is 0. The van der Waals surface area contributed by atoms with Crippen LogP contribution >= 0.6 is 22.6 Å². The van der Waals surface area contributed by atoms with Crippen LogP contribution in [0.25, 0.3) is 33.3 Å². The van der Waals surface area contributed by atoms with Crippen molar-refractivity contribution in [1.82, 2.24) is 4.98 Å². The van der Waals surface area contributed by atoms with Crippen molar-refractivity contribution in [2.45, 2.75) is 0 Å². The van der Waals surface area contributed by atoms with Gasteiger partial charge in [0.1, 0.15) is 0 Å². The minimum atomic E-state index is 1.03. The van der Waals surface area contributed by atoms with E-state index in [-0.39, 0.29) is 0 Å². The van der Waals surface area contributed by atoms with Gasteiger partial charge < -0.3 is 0 Å². The molecule has 110 valence electrons. The molecule has 0 radical (unpaired) electrons. The second-order valence-electron chi connectivity index (χ2n) is 5.40. The summed E-state index contributed by atoms with van der Waals surface area (Å²) < 4.78 is 1.19. The van der Waals surface area contributed by atoms with E-state index in [9.17, 15) is 0 Å². The predicted octanol–water partition coefficient (Wildman–Crippen LogP) is 6.17.